The summed E-state index contributed by atoms with van der Waals surface area (Å²) in [6, 6.07) is -0.895. The minimum absolute atomic E-state index is 0.00538. The van der Waals surface area contributed by atoms with Crippen LogP contribution in [0.25, 0.3) is 0 Å². The molecule has 0 aliphatic rings. The Morgan fingerprint density at radius 1 is 0.667 bits per heavy atom. The molecule has 0 aromatic rings. The summed E-state index contributed by atoms with van der Waals surface area (Å²) >= 11 is 0. The lowest BCUT2D eigenvalue weighted by Crippen LogP contribution is -2.45. The maximum Gasteiger partial charge on any atom is 0.268 e. The first-order chi connectivity index (χ1) is 24.5. The van der Waals surface area contributed by atoms with Crippen molar-refractivity contribution in [3.05, 3.63) is 24.3 Å². The first kappa shape index (κ1) is 50.0. The van der Waals surface area contributed by atoms with E-state index in [4.69, 9.17) is 9.05 Å². The number of unbranched alkanes of at least 4 members (excludes halogenated alkanes) is 23. The van der Waals surface area contributed by atoms with Crippen molar-refractivity contribution in [3.63, 3.8) is 0 Å². The van der Waals surface area contributed by atoms with E-state index in [0.29, 0.717) is 17.4 Å². The van der Waals surface area contributed by atoms with Crippen molar-refractivity contribution in [2.24, 2.45) is 0 Å². The van der Waals surface area contributed by atoms with Crippen molar-refractivity contribution in [1.82, 2.24) is 5.32 Å². The summed E-state index contributed by atoms with van der Waals surface area (Å²) in [4.78, 5) is 24.9. The molecule has 0 aromatic carbocycles. The number of aliphatic hydroxyl groups excluding tert-OH is 1. The highest BCUT2D eigenvalue weighted by molar-refractivity contribution is 7.45. The summed E-state index contributed by atoms with van der Waals surface area (Å²) in [5, 5.41) is 13.6. The quantitative estimate of drug-likeness (QED) is 0.0282. The summed E-state index contributed by atoms with van der Waals surface area (Å²) in [5.41, 5.74) is 0. The lowest BCUT2D eigenvalue weighted by atomic mass is 10.0. The van der Waals surface area contributed by atoms with Crippen LogP contribution in [0.15, 0.2) is 24.3 Å². The van der Waals surface area contributed by atoms with Gasteiger partial charge in [0, 0.05) is 6.42 Å². The van der Waals surface area contributed by atoms with Gasteiger partial charge in [-0.05, 0) is 32.1 Å². The number of nitrogens with one attached hydrogen (secondary N) is 1. The molecule has 0 fully saturated rings. The standard InChI is InChI=1S/C42H83N2O6P/c1-6-8-10-12-13-14-15-16-17-18-19-20-21-22-23-24-25-26-27-28-29-30-32-33-35-41(45)40(43-42(46)36-34-31-11-9-7-2)39-50-51(47,48)49-38-37-44(3,4)5/h28-29,33,35,40-41,45H,6-27,30-32,34,36-39H2,1-5H3,(H-,43,46,47,48)/b29-28+,35-33+. The second-order valence-corrected chi connectivity index (χ2v) is 17.1. The fourth-order valence-corrected chi connectivity index (χ4v) is 6.71. The number of phosphoric acid groups is 1. The van der Waals surface area contributed by atoms with Gasteiger partial charge in [0.25, 0.3) is 7.82 Å². The summed E-state index contributed by atoms with van der Waals surface area (Å²) < 4.78 is 23.0. The van der Waals surface area contributed by atoms with Gasteiger partial charge in [-0.25, -0.2) is 0 Å². The van der Waals surface area contributed by atoms with Crippen LogP contribution in [0.4, 0.5) is 0 Å². The Hall–Kier alpha value is -1.02. The van der Waals surface area contributed by atoms with Crippen molar-refractivity contribution in [2.75, 3.05) is 40.9 Å². The monoisotopic (exact) mass is 743 g/mol. The van der Waals surface area contributed by atoms with Crippen molar-refractivity contribution < 1.29 is 32.9 Å². The molecule has 0 heterocycles. The van der Waals surface area contributed by atoms with Gasteiger partial charge in [-0.1, -0.05) is 173 Å². The number of hydrogen-bond donors (Lipinski definition) is 2. The second kappa shape index (κ2) is 34.7. The van der Waals surface area contributed by atoms with Crippen molar-refractivity contribution in [3.8, 4) is 0 Å². The van der Waals surface area contributed by atoms with Gasteiger partial charge < -0.3 is 28.8 Å². The maximum absolute atomic E-state index is 12.6. The van der Waals surface area contributed by atoms with E-state index >= 15 is 0 Å². The van der Waals surface area contributed by atoms with Gasteiger partial charge in [-0.3, -0.25) is 9.36 Å². The molecule has 0 saturated carbocycles. The van der Waals surface area contributed by atoms with E-state index in [-0.39, 0.29) is 12.5 Å². The molecule has 2 N–H and O–H groups in total. The molecule has 51 heavy (non-hydrogen) atoms. The Kier molecular flexibility index (Phi) is 34.0. The molecule has 0 rings (SSSR count). The van der Waals surface area contributed by atoms with Crippen LogP contribution in [0.2, 0.25) is 0 Å². The van der Waals surface area contributed by atoms with Gasteiger partial charge in [0.15, 0.2) is 0 Å². The number of allylic oxidation sites excluding steroid dienone is 3. The van der Waals surface area contributed by atoms with Crippen molar-refractivity contribution in [1.29, 1.82) is 0 Å². The molecule has 302 valence electrons. The Bertz CT molecular complexity index is 891. The van der Waals surface area contributed by atoms with Crippen LogP contribution in [-0.4, -0.2) is 68.5 Å². The highest BCUT2D eigenvalue weighted by Gasteiger charge is 2.23. The molecule has 0 spiro atoms. The zero-order valence-corrected chi connectivity index (χ0v) is 35.0. The highest BCUT2D eigenvalue weighted by Crippen LogP contribution is 2.38. The normalized spacial score (nSPS) is 14.7. The molecular formula is C42H83N2O6P. The molecule has 3 atom stereocenters. The predicted molar refractivity (Wildman–Crippen MR) is 215 cm³/mol. The molecule has 0 aromatic heterocycles. The Labute approximate surface area is 315 Å². The molecule has 0 aliphatic heterocycles. The summed E-state index contributed by atoms with van der Waals surface area (Å²) in [6.45, 7) is 4.53. The van der Waals surface area contributed by atoms with Gasteiger partial charge in [0.1, 0.15) is 13.2 Å². The maximum atomic E-state index is 12.6. The average molecular weight is 743 g/mol. The van der Waals surface area contributed by atoms with E-state index in [0.717, 1.165) is 51.4 Å². The number of aliphatic hydroxyl groups is 1. The first-order valence-electron chi connectivity index (χ1n) is 21.2. The lowest BCUT2D eigenvalue weighted by Gasteiger charge is -2.29. The largest absolute Gasteiger partial charge is 0.756 e. The SMILES string of the molecule is CCCCCCCCCCCCCCCCCCCC/C=C/CC/C=C/C(O)C(COP(=O)([O-])OCC[N+](C)(C)C)NC(=O)CCCCCCC. The van der Waals surface area contributed by atoms with E-state index in [2.05, 4.69) is 31.3 Å². The Morgan fingerprint density at radius 2 is 1.10 bits per heavy atom. The molecule has 1 amide bonds. The second-order valence-electron chi connectivity index (χ2n) is 15.7. The van der Waals surface area contributed by atoms with Crippen LogP contribution >= 0.6 is 7.82 Å². The van der Waals surface area contributed by atoms with Gasteiger partial charge >= 0.3 is 0 Å². The van der Waals surface area contributed by atoms with E-state index < -0.39 is 26.6 Å². The molecule has 9 heteroatoms. The molecule has 3 unspecified atom stereocenters. The molecule has 8 nitrogen and oxygen atoms in total. The summed E-state index contributed by atoms with van der Waals surface area (Å²) in [5.74, 6) is -0.221. The van der Waals surface area contributed by atoms with E-state index in [1.54, 1.807) is 6.08 Å². The number of phosphoric ester groups is 1. The summed E-state index contributed by atoms with van der Waals surface area (Å²) in [6.07, 6.45) is 40.0. The van der Waals surface area contributed by atoms with Gasteiger partial charge in [0.2, 0.25) is 5.91 Å². The number of quaternary nitrogens is 1. The molecular weight excluding hydrogens is 659 g/mol. The van der Waals surface area contributed by atoms with Gasteiger partial charge in [-0.2, -0.15) is 0 Å². The van der Waals surface area contributed by atoms with Crippen LogP contribution in [0.3, 0.4) is 0 Å². The summed E-state index contributed by atoms with van der Waals surface area (Å²) in [7, 11) is 1.24. The van der Waals surface area contributed by atoms with Crippen LogP contribution < -0.4 is 10.2 Å². The Balaban J connectivity index is 4.17. The Morgan fingerprint density at radius 3 is 1.59 bits per heavy atom. The minimum atomic E-state index is -4.58. The van der Waals surface area contributed by atoms with Crippen LogP contribution in [0.1, 0.15) is 187 Å². The van der Waals surface area contributed by atoms with Crippen molar-refractivity contribution >= 4 is 13.7 Å². The lowest BCUT2D eigenvalue weighted by molar-refractivity contribution is -0.870. The van der Waals surface area contributed by atoms with E-state index in [9.17, 15) is 19.4 Å². The van der Waals surface area contributed by atoms with Crippen LogP contribution in [0.5, 0.6) is 0 Å². The minimum Gasteiger partial charge on any atom is -0.756 e. The highest BCUT2D eigenvalue weighted by atomic mass is 31.2. The topological polar surface area (TPSA) is 108 Å². The van der Waals surface area contributed by atoms with Gasteiger partial charge in [-0.15, -0.1) is 0 Å². The number of amides is 1. The predicted octanol–water partition coefficient (Wildman–Crippen LogP) is 10.7. The number of hydrogen-bond acceptors (Lipinski definition) is 6. The van der Waals surface area contributed by atoms with Crippen LogP contribution in [0, 0.1) is 0 Å². The molecule has 0 aliphatic carbocycles. The third-order valence-electron chi connectivity index (χ3n) is 9.41. The fourth-order valence-electron chi connectivity index (χ4n) is 5.99. The molecule has 0 saturated heterocycles. The number of nitrogens with zero attached hydrogens (tertiary/aromatic N) is 1. The van der Waals surface area contributed by atoms with E-state index in [1.807, 2.05) is 27.2 Å². The molecule has 0 radical (unpaired) electrons. The number of rotatable bonds is 38. The van der Waals surface area contributed by atoms with Crippen LogP contribution in [-0.2, 0) is 18.4 Å². The van der Waals surface area contributed by atoms with Gasteiger partial charge in [0.05, 0.1) is 39.9 Å². The smallest absolute Gasteiger partial charge is 0.268 e. The molecule has 0 bridgehead atoms. The third-order valence-corrected chi connectivity index (χ3v) is 10.4. The third kappa shape index (κ3) is 37.1. The number of likely N-dealkylation sites (N-methyl/N-ethyl adjacent to an activating group) is 1. The fraction of sp³-hybridized carbons (Fsp3) is 0.881. The zero-order chi connectivity index (χ0) is 37.9. The van der Waals surface area contributed by atoms with Crippen molar-refractivity contribution in [2.45, 2.75) is 199 Å². The zero-order valence-electron chi connectivity index (χ0n) is 34.1. The number of carbonyl (C=O) groups is 1. The number of carbonyl (C=O) groups excluding carboxylic acids is 1. The van der Waals surface area contributed by atoms with E-state index in [1.165, 1.54) is 116 Å². The first-order valence-corrected chi connectivity index (χ1v) is 22.7. The average Bonchev–Trinajstić information content (AvgIpc) is 3.07.